The van der Waals surface area contributed by atoms with Crippen LogP contribution in [0.4, 0.5) is 10.1 Å². The van der Waals surface area contributed by atoms with Crippen molar-refractivity contribution < 1.29 is 14.3 Å². The molecule has 0 heterocycles. The van der Waals surface area contributed by atoms with Crippen LogP contribution in [0.5, 0.6) is 5.75 Å². The molecule has 0 aromatic heterocycles. The molecule has 2 aromatic rings. The van der Waals surface area contributed by atoms with Gasteiger partial charge < -0.3 is 10.0 Å². The van der Waals surface area contributed by atoms with E-state index < -0.39 is 11.7 Å². The van der Waals surface area contributed by atoms with E-state index in [0.29, 0.717) is 11.3 Å². The summed E-state index contributed by atoms with van der Waals surface area (Å²) in [7, 11) is 1.46. The molecule has 4 nitrogen and oxygen atoms in total. The minimum atomic E-state index is -0.617. The first kappa shape index (κ1) is 13.6. The van der Waals surface area contributed by atoms with Crippen molar-refractivity contribution in [1.29, 1.82) is 5.26 Å². The van der Waals surface area contributed by atoms with Gasteiger partial charge in [-0.3, -0.25) is 4.79 Å². The lowest BCUT2D eigenvalue weighted by Gasteiger charge is -2.19. The second-order valence-corrected chi connectivity index (χ2v) is 4.15. The summed E-state index contributed by atoms with van der Waals surface area (Å²) in [4.78, 5) is 13.5. The van der Waals surface area contributed by atoms with Crippen molar-refractivity contribution in [1.82, 2.24) is 0 Å². The average molecular weight is 270 g/mol. The Balaban J connectivity index is 2.43. The molecule has 0 spiro atoms. The van der Waals surface area contributed by atoms with Gasteiger partial charge in [-0.15, -0.1) is 0 Å². The van der Waals surface area contributed by atoms with Crippen molar-refractivity contribution in [2.45, 2.75) is 0 Å². The van der Waals surface area contributed by atoms with Crippen LogP contribution in [0.25, 0.3) is 0 Å². The Morgan fingerprint density at radius 2 is 2.00 bits per heavy atom. The number of anilines is 1. The van der Waals surface area contributed by atoms with E-state index in [2.05, 4.69) is 0 Å². The zero-order chi connectivity index (χ0) is 14.7. The van der Waals surface area contributed by atoms with Gasteiger partial charge in [0.15, 0.2) is 0 Å². The minimum Gasteiger partial charge on any atom is -0.507 e. The van der Waals surface area contributed by atoms with Crippen LogP contribution in [0.15, 0.2) is 42.5 Å². The third kappa shape index (κ3) is 2.45. The van der Waals surface area contributed by atoms with Crippen LogP contribution in [0.1, 0.15) is 15.9 Å². The summed E-state index contributed by atoms with van der Waals surface area (Å²) in [5.74, 6) is -1.52. The smallest absolute Gasteiger partial charge is 0.261 e. The third-order valence-corrected chi connectivity index (χ3v) is 2.88. The molecular weight excluding hydrogens is 259 g/mol. The van der Waals surface area contributed by atoms with E-state index in [-0.39, 0.29) is 11.3 Å². The highest BCUT2D eigenvalue weighted by molar-refractivity contribution is 6.08. The van der Waals surface area contributed by atoms with E-state index >= 15 is 0 Å². The summed E-state index contributed by atoms with van der Waals surface area (Å²) < 4.78 is 13.2. The Morgan fingerprint density at radius 3 is 2.70 bits per heavy atom. The number of phenolic OH excluding ortho intramolecular Hbond substituents is 1. The van der Waals surface area contributed by atoms with E-state index in [1.54, 1.807) is 24.3 Å². The standard InChI is InChI=1S/C15H11FN2O2/c1-18(13-5-3-2-4-10(13)9-17)15(20)12-8-11(16)6-7-14(12)19/h2-8,19H,1H3. The topological polar surface area (TPSA) is 64.3 Å². The Kier molecular flexibility index (Phi) is 3.67. The number of carbonyl (C=O) groups excluding carboxylic acids is 1. The molecule has 0 saturated heterocycles. The van der Waals surface area contributed by atoms with Crippen LogP contribution in [0.2, 0.25) is 0 Å². The van der Waals surface area contributed by atoms with E-state index in [1.807, 2.05) is 6.07 Å². The average Bonchev–Trinajstić information content (AvgIpc) is 2.48. The van der Waals surface area contributed by atoms with Gasteiger partial charge in [0.1, 0.15) is 17.6 Å². The van der Waals surface area contributed by atoms with Gasteiger partial charge in [0.25, 0.3) is 5.91 Å². The zero-order valence-corrected chi connectivity index (χ0v) is 10.7. The number of hydrogen-bond acceptors (Lipinski definition) is 3. The largest absolute Gasteiger partial charge is 0.507 e. The molecule has 0 unspecified atom stereocenters. The fraction of sp³-hybridized carbons (Fsp3) is 0.0667. The van der Waals surface area contributed by atoms with Crippen LogP contribution >= 0.6 is 0 Å². The number of para-hydroxylation sites is 1. The number of aromatic hydroxyl groups is 1. The molecule has 0 bridgehead atoms. The van der Waals surface area contributed by atoms with Crippen molar-refractivity contribution >= 4 is 11.6 Å². The van der Waals surface area contributed by atoms with Gasteiger partial charge in [-0.2, -0.15) is 5.26 Å². The van der Waals surface area contributed by atoms with Crippen LogP contribution < -0.4 is 4.90 Å². The van der Waals surface area contributed by atoms with Crippen molar-refractivity contribution in [2.24, 2.45) is 0 Å². The van der Waals surface area contributed by atoms with Gasteiger partial charge in [-0.25, -0.2) is 4.39 Å². The number of carbonyl (C=O) groups is 1. The molecule has 1 N–H and O–H groups in total. The number of phenols is 1. The number of halogens is 1. The third-order valence-electron chi connectivity index (χ3n) is 2.88. The molecule has 100 valence electrons. The molecular formula is C15H11FN2O2. The first-order valence-corrected chi connectivity index (χ1v) is 5.80. The predicted octanol–water partition coefficient (Wildman–Crippen LogP) is 2.68. The highest BCUT2D eigenvalue weighted by Gasteiger charge is 2.19. The van der Waals surface area contributed by atoms with Gasteiger partial charge in [-0.1, -0.05) is 12.1 Å². The van der Waals surface area contributed by atoms with Crippen molar-refractivity contribution in [3.63, 3.8) is 0 Å². The second kappa shape index (κ2) is 5.41. The Labute approximate surface area is 115 Å². The number of hydrogen-bond donors (Lipinski definition) is 1. The second-order valence-electron chi connectivity index (χ2n) is 4.15. The van der Waals surface area contributed by atoms with Gasteiger partial charge in [0, 0.05) is 7.05 Å². The monoisotopic (exact) mass is 270 g/mol. The minimum absolute atomic E-state index is 0.153. The van der Waals surface area contributed by atoms with Crippen molar-refractivity contribution in [3.05, 3.63) is 59.4 Å². The summed E-state index contributed by atoms with van der Waals surface area (Å²) in [6.45, 7) is 0. The molecule has 1 amide bonds. The number of rotatable bonds is 2. The Morgan fingerprint density at radius 1 is 1.30 bits per heavy atom. The zero-order valence-electron chi connectivity index (χ0n) is 10.7. The van der Waals surface area contributed by atoms with Gasteiger partial charge in [-0.05, 0) is 30.3 Å². The van der Waals surface area contributed by atoms with Crippen LogP contribution in [-0.4, -0.2) is 18.1 Å². The van der Waals surface area contributed by atoms with Crippen LogP contribution in [0, 0.1) is 17.1 Å². The summed E-state index contributed by atoms with van der Waals surface area (Å²) in [6.07, 6.45) is 0. The molecule has 2 rings (SSSR count). The first-order chi connectivity index (χ1) is 9.54. The van der Waals surface area contributed by atoms with E-state index in [0.717, 1.165) is 18.2 Å². The molecule has 0 aliphatic heterocycles. The normalized spacial score (nSPS) is 9.85. The molecule has 0 radical (unpaired) electrons. The highest BCUT2D eigenvalue weighted by Crippen LogP contribution is 2.24. The lowest BCUT2D eigenvalue weighted by Crippen LogP contribution is -2.27. The quantitative estimate of drug-likeness (QED) is 0.912. The molecule has 0 fully saturated rings. The number of amides is 1. The molecule has 0 aliphatic carbocycles. The maximum Gasteiger partial charge on any atom is 0.261 e. The molecule has 0 saturated carbocycles. The molecule has 2 aromatic carbocycles. The molecule has 5 heteroatoms. The van der Waals surface area contributed by atoms with Gasteiger partial charge >= 0.3 is 0 Å². The summed E-state index contributed by atoms with van der Waals surface area (Å²) >= 11 is 0. The van der Waals surface area contributed by atoms with E-state index in [9.17, 15) is 14.3 Å². The Bertz CT molecular complexity index is 707. The highest BCUT2D eigenvalue weighted by atomic mass is 19.1. The maximum atomic E-state index is 13.2. The lowest BCUT2D eigenvalue weighted by atomic mass is 10.1. The summed E-state index contributed by atoms with van der Waals surface area (Å²) in [6, 6.07) is 11.7. The number of nitriles is 1. The summed E-state index contributed by atoms with van der Waals surface area (Å²) in [5.41, 5.74) is 0.558. The molecule has 0 aliphatic rings. The fourth-order valence-electron chi connectivity index (χ4n) is 1.83. The van der Waals surface area contributed by atoms with E-state index in [1.165, 1.54) is 11.9 Å². The van der Waals surface area contributed by atoms with Crippen LogP contribution in [0.3, 0.4) is 0 Å². The Hall–Kier alpha value is -2.87. The molecule has 0 atom stereocenters. The SMILES string of the molecule is CN(C(=O)c1cc(F)ccc1O)c1ccccc1C#N. The van der Waals surface area contributed by atoms with Crippen molar-refractivity contribution in [2.75, 3.05) is 11.9 Å². The number of nitrogens with zero attached hydrogens (tertiary/aromatic N) is 2. The fourth-order valence-corrected chi connectivity index (χ4v) is 1.83. The van der Waals surface area contributed by atoms with E-state index in [4.69, 9.17) is 5.26 Å². The first-order valence-electron chi connectivity index (χ1n) is 5.80. The number of benzene rings is 2. The van der Waals surface area contributed by atoms with Gasteiger partial charge in [0.05, 0.1) is 16.8 Å². The van der Waals surface area contributed by atoms with Gasteiger partial charge in [0.2, 0.25) is 0 Å². The summed E-state index contributed by atoms with van der Waals surface area (Å²) in [5, 5.41) is 18.7. The predicted molar refractivity (Wildman–Crippen MR) is 72.0 cm³/mol. The molecule has 20 heavy (non-hydrogen) atoms. The lowest BCUT2D eigenvalue weighted by molar-refractivity contribution is 0.0990. The maximum absolute atomic E-state index is 13.2. The van der Waals surface area contributed by atoms with Crippen LogP contribution in [-0.2, 0) is 0 Å². The van der Waals surface area contributed by atoms with Crippen molar-refractivity contribution in [3.8, 4) is 11.8 Å².